The minimum Gasteiger partial charge on any atom is -0.548 e. The van der Waals surface area contributed by atoms with Crippen LogP contribution in [0.1, 0.15) is 6.92 Å². The lowest BCUT2D eigenvalue weighted by atomic mass is 10.1. The first-order valence-electron chi connectivity index (χ1n) is 6.04. The summed E-state index contributed by atoms with van der Waals surface area (Å²) in [4.78, 5) is 15.2. The number of anilines is 2. The highest BCUT2D eigenvalue weighted by Gasteiger charge is 2.26. The van der Waals surface area contributed by atoms with E-state index in [1.165, 1.54) is 0 Å². The minimum absolute atomic E-state index is 0.705. The van der Waals surface area contributed by atoms with E-state index in [4.69, 9.17) is 0 Å². The van der Waals surface area contributed by atoms with Crippen LogP contribution in [0, 0.1) is 0 Å². The Morgan fingerprint density at radius 2 is 1.53 bits per heavy atom. The summed E-state index contributed by atoms with van der Waals surface area (Å²) in [5.41, 5.74) is 1.84. The van der Waals surface area contributed by atoms with Crippen LogP contribution in [0.3, 0.4) is 0 Å². The van der Waals surface area contributed by atoms with Gasteiger partial charge in [0.1, 0.15) is 0 Å². The largest absolute Gasteiger partial charge is 0.548 e. The fraction of sp³-hybridized carbons (Fsp3) is 0.133. The number of carbonyl (C=O) groups excluding carboxylic acids is 1. The van der Waals surface area contributed by atoms with Gasteiger partial charge in [0.2, 0.25) is 0 Å². The Morgan fingerprint density at radius 1 is 1.05 bits per heavy atom. The summed E-state index contributed by atoms with van der Waals surface area (Å²) >= 11 is 1.66. The second kappa shape index (κ2) is 4.63. The summed E-state index contributed by atoms with van der Waals surface area (Å²) in [6.45, 7) is 1.65. The van der Waals surface area contributed by atoms with Crippen LogP contribution in [0.2, 0.25) is 0 Å². The Kier molecular flexibility index (Phi) is 2.95. The van der Waals surface area contributed by atoms with Crippen molar-refractivity contribution in [2.24, 2.45) is 0 Å². The molecule has 0 aliphatic carbocycles. The maximum absolute atomic E-state index is 11.3. The second-order valence-corrected chi connectivity index (χ2v) is 5.49. The average Bonchev–Trinajstić information content (AvgIpc) is 2.43. The molecule has 0 aromatic heterocycles. The highest BCUT2D eigenvalue weighted by atomic mass is 32.2. The lowest BCUT2D eigenvalue weighted by Crippen LogP contribution is -2.45. The van der Waals surface area contributed by atoms with Crippen LogP contribution >= 0.6 is 11.8 Å². The maximum Gasteiger partial charge on any atom is 0.0708 e. The third-order valence-corrected chi connectivity index (χ3v) is 4.33. The molecule has 0 amide bonds. The van der Waals surface area contributed by atoms with Crippen molar-refractivity contribution in [1.29, 1.82) is 0 Å². The molecule has 2 aromatic rings. The van der Waals surface area contributed by atoms with Crippen molar-refractivity contribution in [1.82, 2.24) is 0 Å². The van der Waals surface area contributed by atoms with Crippen molar-refractivity contribution in [2.75, 3.05) is 4.90 Å². The summed E-state index contributed by atoms with van der Waals surface area (Å²) in [5, 5.41) is 11.3. The smallest absolute Gasteiger partial charge is 0.0708 e. The highest BCUT2D eigenvalue weighted by Crippen LogP contribution is 2.48. The number of benzene rings is 2. The molecule has 0 fully saturated rings. The van der Waals surface area contributed by atoms with Crippen LogP contribution in [0.15, 0.2) is 58.3 Å². The van der Waals surface area contributed by atoms with Gasteiger partial charge < -0.3 is 14.8 Å². The van der Waals surface area contributed by atoms with E-state index in [2.05, 4.69) is 0 Å². The number of nitrogens with zero attached hydrogens (tertiary/aromatic N) is 1. The fourth-order valence-corrected chi connectivity index (χ4v) is 3.33. The molecule has 0 saturated heterocycles. The van der Waals surface area contributed by atoms with E-state index in [9.17, 15) is 9.90 Å². The van der Waals surface area contributed by atoms with Crippen LogP contribution in [-0.4, -0.2) is 12.0 Å². The third kappa shape index (κ3) is 1.98. The van der Waals surface area contributed by atoms with Gasteiger partial charge in [0.05, 0.1) is 23.4 Å². The van der Waals surface area contributed by atoms with Crippen LogP contribution < -0.4 is 10.0 Å². The lowest BCUT2D eigenvalue weighted by Gasteiger charge is -2.37. The number of rotatable bonds is 2. The second-order valence-electron chi connectivity index (χ2n) is 4.40. The summed E-state index contributed by atoms with van der Waals surface area (Å²) in [6.07, 6.45) is 0. The highest BCUT2D eigenvalue weighted by molar-refractivity contribution is 7.99. The van der Waals surface area contributed by atoms with Gasteiger partial charge in [-0.15, -0.1) is 0 Å². The van der Waals surface area contributed by atoms with Gasteiger partial charge in [-0.05, 0) is 31.2 Å². The molecule has 4 heteroatoms. The molecule has 1 atom stereocenters. The first kappa shape index (κ1) is 12.1. The Morgan fingerprint density at radius 3 is 2.00 bits per heavy atom. The Hall–Kier alpha value is -1.94. The van der Waals surface area contributed by atoms with Gasteiger partial charge in [-0.3, -0.25) is 0 Å². The Balaban J connectivity index is 2.19. The van der Waals surface area contributed by atoms with E-state index in [1.807, 2.05) is 53.4 Å². The molecule has 0 spiro atoms. The summed E-state index contributed by atoms with van der Waals surface area (Å²) in [5.74, 6) is -1.07. The number of para-hydroxylation sites is 2. The van der Waals surface area contributed by atoms with E-state index in [1.54, 1.807) is 18.7 Å². The molecule has 3 rings (SSSR count). The number of carboxylic acids is 1. The molecule has 1 aliphatic rings. The molecule has 0 saturated carbocycles. The van der Waals surface area contributed by atoms with Gasteiger partial charge in [0.25, 0.3) is 0 Å². The maximum atomic E-state index is 11.3. The van der Waals surface area contributed by atoms with E-state index >= 15 is 0 Å². The number of aliphatic carboxylic acids is 1. The lowest BCUT2D eigenvalue weighted by molar-refractivity contribution is -0.306. The number of carbonyl (C=O) groups is 1. The molecule has 0 N–H and O–H groups in total. The van der Waals surface area contributed by atoms with E-state index in [0.29, 0.717) is 0 Å². The molecule has 1 aliphatic heterocycles. The third-order valence-electron chi connectivity index (χ3n) is 3.20. The van der Waals surface area contributed by atoms with Crippen molar-refractivity contribution in [3.8, 4) is 0 Å². The first-order valence-corrected chi connectivity index (χ1v) is 6.86. The molecule has 3 nitrogen and oxygen atoms in total. The summed E-state index contributed by atoms with van der Waals surface area (Å²) in [7, 11) is 0. The van der Waals surface area contributed by atoms with Crippen LogP contribution in [0.4, 0.5) is 11.4 Å². The van der Waals surface area contributed by atoms with Gasteiger partial charge in [-0.25, -0.2) is 0 Å². The summed E-state index contributed by atoms with van der Waals surface area (Å²) < 4.78 is 0. The zero-order valence-electron chi connectivity index (χ0n) is 10.4. The van der Waals surface area contributed by atoms with Gasteiger partial charge in [-0.2, -0.15) is 0 Å². The molecule has 2 aromatic carbocycles. The van der Waals surface area contributed by atoms with E-state index in [-0.39, 0.29) is 0 Å². The number of fused-ring (bicyclic) bond motifs is 2. The van der Waals surface area contributed by atoms with Gasteiger partial charge >= 0.3 is 0 Å². The van der Waals surface area contributed by atoms with Gasteiger partial charge in [0, 0.05) is 9.79 Å². The van der Waals surface area contributed by atoms with E-state index in [0.717, 1.165) is 21.2 Å². The van der Waals surface area contributed by atoms with E-state index < -0.39 is 12.0 Å². The normalized spacial score (nSPS) is 14.5. The minimum atomic E-state index is -1.07. The molecule has 1 heterocycles. The van der Waals surface area contributed by atoms with Crippen molar-refractivity contribution in [3.63, 3.8) is 0 Å². The predicted octanol–water partition coefficient (Wildman–Crippen LogP) is 2.43. The van der Waals surface area contributed by atoms with Crippen molar-refractivity contribution in [3.05, 3.63) is 48.5 Å². The SMILES string of the molecule is CC(C(=O)[O-])N1c2ccccc2Sc2ccccc21. The summed E-state index contributed by atoms with van der Waals surface area (Å²) in [6, 6.07) is 14.9. The van der Waals surface area contributed by atoms with Crippen molar-refractivity contribution < 1.29 is 9.90 Å². The van der Waals surface area contributed by atoms with Crippen LogP contribution in [0.25, 0.3) is 0 Å². The average molecular weight is 270 g/mol. The monoisotopic (exact) mass is 270 g/mol. The molecule has 96 valence electrons. The van der Waals surface area contributed by atoms with Crippen LogP contribution in [0.5, 0.6) is 0 Å². The number of carboxylic acid groups (broad SMARTS) is 1. The van der Waals surface area contributed by atoms with Crippen molar-refractivity contribution in [2.45, 2.75) is 22.8 Å². The molecule has 0 radical (unpaired) electrons. The fourth-order valence-electron chi connectivity index (χ4n) is 2.26. The Labute approximate surface area is 115 Å². The number of hydrogen-bond acceptors (Lipinski definition) is 4. The number of hydrogen-bond donors (Lipinski definition) is 0. The Bertz CT molecular complexity index is 596. The first-order chi connectivity index (χ1) is 9.18. The molecule has 19 heavy (non-hydrogen) atoms. The standard InChI is InChI=1S/C15H13NO2S/c1-10(15(17)18)16-11-6-2-4-8-13(11)19-14-9-5-3-7-12(14)16/h2-10H,1H3,(H,17,18)/p-1. The molecular weight excluding hydrogens is 258 g/mol. The zero-order chi connectivity index (χ0) is 13.4. The quantitative estimate of drug-likeness (QED) is 0.840. The topological polar surface area (TPSA) is 43.4 Å². The molecule has 0 bridgehead atoms. The van der Waals surface area contributed by atoms with Gasteiger partial charge in [-0.1, -0.05) is 36.0 Å². The zero-order valence-corrected chi connectivity index (χ0v) is 11.2. The predicted molar refractivity (Wildman–Crippen MR) is 73.6 cm³/mol. The molecular formula is C15H12NO2S-. The molecule has 1 unspecified atom stereocenters. The van der Waals surface area contributed by atoms with Crippen LogP contribution in [-0.2, 0) is 4.79 Å². The van der Waals surface area contributed by atoms with Crippen molar-refractivity contribution >= 4 is 29.1 Å². The van der Waals surface area contributed by atoms with Gasteiger partial charge in [0.15, 0.2) is 0 Å².